The van der Waals surface area contributed by atoms with Gasteiger partial charge in [0.15, 0.2) is 0 Å². The van der Waals surface area contributed by atoms with Crippen molar-refractivity contribution in [3.63, 3.8) is 0 Å². The molecule has 172 valence electrons. The molecule has 0 saturated heterocycles. The van der Waals surface area contributed by atoms with Gasteiger partial charge in [0.25, 0.3) is 0 Å². The lowest BCUT2D eigenvalue weighted by Gasteiger charge is -2.23. The first-order valence-corrected chi connectivity index (χ1v) is 11.9. The maximum absolute atomic E-state index is 13.2. The van der Waals surface area contributed by atoms with Crippen LogP contribution in [0, 0.1) is 0 Å². The number of nitrogens with zero attached hydrogens (tertiary/aromatic N) is 4. The fourth-order valence-electron chi connectivity index (χ4n) is 2.95. The Bertz CT molecular complexity index is 1160. The molecule has 3 aromatic rings. The van der Waals surface area contributed by atoms with Gasteiger partial charge in [-0.05, 0) is 63.8 Å². The van der Waals surface area contributed by atoms with Crippen LogP contribution in [-0.4, -0.2) is 37.7 Å². The third-order valence-corrected chi connectivity index (χ3v) is 6.54. The molecule has 1 aliphatic carbocycles. The molecular formula is C23H25ClN6O2S. The van der Waals surface area contributed by atoms with Crippen LogP contribution in [0.2, 0.25) is 5.02 Å². The van der Waals surface area contributed by atoms with Crippen LogP contribution in [0.4, 0.5) is 11.6 Å². The number of benzene rings is 1. The van der Waals surface area contributed by atoms with Crippen LogP contribution in [0.5, 0.6) is 5.88 Å². The molecule has 0 bridgehead atoms. The first-order valence-electron chi connectivity index (χ1n) is 10.7. The highest BCUT2D eigenvalue weighted by molar-refractivity contribution is 8.01. The molecule has 1 aromatic carbocycles. The van der Waals surface area contributed by atoms with Gasteiger partial charge in [0.1, 0.15) is 0 Å². The Kier molecular flexibility index (Phi) is 6.99. The van der Waals surface area contributed by atoms with Crippen molar-refractivity contribution < 1.29 is 9.53 Å². The molecule has 0 atom stereocenters. The zero-order valence-electron chi connectivity index (χ0n) is 18.6. The Morgan fingerprint density at radius 2 is 2.06 bits per heavy atom. The number of carbonyl (C=O) groups is 1. The monoisotopic (exact) mass is 484 g/mol. The van der Waals surface area contributed by atoms with Gasteiger partial charge in [0.05, 0.1) is 46.5 Å². The maximum atomic E-state index is 13.2. The molecule has 2 heterocycles. The van der Waals surface area contributed by atoms with E-state index in [9.17, 15) is 4.79 Å². The Hall–Kier alpha value is -2.91. The number of nitrogens with one attached hydrogen (secondary N) is 2. The number of hydrogen-bond acceptors (Lipinski definition) is 8. The molecule has 33 heavy (non-hydrogen) atoms. The topological polar surface area (TPSA) is 102 Å². The molecule has 1 aliphatic rings. The van der Waals surface area contributed by atoms with Crippen LogP contribution in [-0.2, 0) is 10.2 Å². The molecule has 0 unspecified atom stereocenters. The number of rotatable bonds is 9. The van der Waals surface area contributed by atoms with Gasteiger partial charge in [-0.25, -0.2) is 15.0 Å². The van der Waals surface area contributed by atoms with Crippen LogP contribution >= 0.6 is 23.5 Å². The number of ether oxygens (including phenoxy) is 1. The summed E-state index contributed by atoms with van der Waals surface area (Å²) in [6.45, 7) is 6.03. The molecule has 8 nitrogen and oxygen atoms in total. The van der Waals surface area contributed by atoms with Crippen LogP contribution in [0.25, 0.3) is 11.3 Å². The van der Waals surface area contributed by atoms with E-state index in [1.54, 1.807) is 48.7 Å². The number of halogens is 1. The molecular weight excluding hydrogens is 460 g/mol. The van der Waals surface area contributed by atoms with Gasteiger partial charge in [0.2, 0.25) is 17.7 Å². The number of anilines is 2. The summed E-state index contributed by atoms with van der Waals surface area (Å²) in [5.41, 5.74) is 1.62. The highest BCUT2D eigenvalue weighted by Crippen LogP contribution is 2.34. The average molecular weight is 485 g/mol. The first kappa shape index (κ1) is 23.3. The second kappa shape index (κ2) is 9.93. The predicted octanol–water partition coefficient (Wildman–Crippen LogP) is 5.12. The smallest absolute Gasteiger partial charge is 0.236 e. The predicted molar refractivity (Wildman–Crippen MR) is 132 cm³/mol. The summed E-state index contributed by atoms with van der Waals surface area (Å²) < 4.78 is 8.58. The fraction of sp³-hybridized carbons (Fsp3) is 0.348. The number of aromatic nitrogens is 4. The lowest BCUT2D eigenvalue weighted by Crippen LogP contribution is -2.35. The molecule has 0 radical (unpaired) electrons. The largest absolute Gasteiger partial charge is 0.477 e. The van der Waals surface area contributed by atoms with E-state index < -0.39 is 5.41 Å². The summed E-state index contributed by atoms with van der Waals surface area (Å²) in [7, 11) is 0. The van der Waals surface area contributed by atoms with Crippen molar-refractivity contribution in [2.45, 2.75) is 44.3 Å². The van der Waals surface area contributed by atoms with E-state index in [1.807, 2.05) is 26.8 Å². The minimum Gasteiger partial charge on any atom is -0.477 e. The van der Waals surface area contributed by atoms with Crippen LogP contribution < -0.4 is 14.8 Å². The molecule has 0 aliphatic heterocycles. The van der Waals surface area contributed by atoms with Gasteiger partial charge in [-0.2, -0.15) is 0 Å². The summed E-state index contributed by atoms with van der Waals surface area (Å²) in [5.74, 6) is 0.720. The molecule has 0 spiro atoms. The van der Waals surface area contributed by atoms with Gasteiger partial charge in [-0.1, -0.05) is 17.7 Å². The van der Waals surface area contributed by atoms with Gasteiger partial charge >= 0.3 is 0 Å². The Labute approximate surface area is 202 Å². The van der Waals surface area contributed by atoms with E-state index >= 15 is 0 Å². The second-order valence-electron chi connectivity index (χ2n) is 8.13. The van der Waals surface area contributed by atoms with Gasteiger partial charge in [-0.15, -0.1) is 0 Å². The highest BCUT2D eigenvalue weighted by atomic mass is 35.5. The molecule has 2 aromatic heterocycles. The SMILES string of the molecule is CCOc1cncc(-c2ccc(NC(=O)C(C)(C)c3ccnc(NSC4CC4)n3)c(Cl)c2)n1. The first-order chi connectivity index (χ1) is 15.9. The normalized spacial score (nSPS) is 13.5. The number of hydrogen-bond donors (Lipinski definition) is 2. The quantitative estimate of drug-likeness (QED) is 0.403. The van der Waals surface area contributed by atoms with Crippen molar-refractivity contribution in [1.82, 2.24) is 19.9 Å². The molecule has 1 saturated carbocycles. The molecule has 2 N–H and O–H groups in total. The lowest BCUT2D eigenvalue weighted by molar-refractivity contribution is -0.120. The van der Waals surface area contributed by atoms with Crippen molar-refractivity contribution >= 4 is 41.1 Å². The van der Waals surface area contributed by atoms with E-state index in [0.29, 0.717) is 45.8 Å². The third-order valence-electron chi connectivity index (χ3n) is 5.12. The number of amides is 1. The van der Waals surface area contributed by atoms with Crippen LogP contribution in [0.3, 0.4) is 0 Å². The Morgan fingerprint density at radius 3 is 2.79 bits per heavy atom. The zero-order chi connectivity index (χ0) is 23.4. The van der Waals surface area contributed by atoms with Gasteiger partial charge < -0.3 is 10.1 Å². The summed E-state index contributed by atoms with van der Waals surface area (Å²) in [5, 5.41) is 3.93. The Morgan fingerprint density at radius 1 is 1.24 bits per heavy atom. The van der Waals surface area contributed by atoms with E-state index in [4.69, 9.17) is 16.3 Å². The van der Waals surface area contributed by atoms with Crippen molar-refractivity contribution in [2.24, 2.45) is 0 Å². The second-order valence-corrected chi connectivity index (χ2v) is 9.65. The van der Waals surface area contributed by atoms with Crippen LogP contribution in [0.15, 0.2) is 42.9 Å². The maximum Gasteiger partial charge on any atom is 0.236 e. The average Bonchev–Trinajstić information content (AvgIpc) is 3.64. The van der Waals surface area contributed by atoms with Crippen molar-refractivity contribution in [2.75, 3.05) is 16.6 Å². The standard InChI is InChI=1S/C23H25ClN6O2S/c1-4-32-20-13-25-12-18(27-20)14-5-8-17(16(24)11-14)28-21(31)23(2,3)19-9-10-26-22(29-19)30-33-15-6-7-15/h5,8-13,15H,4,6-7H2,1-3H3,(H,28,31)(H,26,29,30). The summed E-state index contributed by atoms with van der Waals surface area (Å²) in [4.78, 5) is 30.5. The number of carbonyl (C=O) groups excluding carboxylic acids is 1. The fourth-order valence-corrected chi connectivity index (χ4v) is 3.92. The Balaban J connectivity index is 1.48. The zero-order valence-corrected chi connectivity index (χ0v) is 20.2. The highest BCUT2D eigenvalue weighted by Gasteiger charge is 2.32. The third kappa shape index (κ3) is 5.72. The molecule has 10 heteroatoms. The van der Waals surface area contributed by atoms with E-state index in [2.05, 4.69) is 30.0 Å². The molecule has 1 fully saturated rings. The lowest BCUT2D eigenvalue weighted by atomic mass is 9.88. The van der Waals surface area contributed by atoms with Crippen molar-refractivity contribution in [3.8, 4) is 17.1 Å². The minimum absolute atomic E-state index is 0.227. The van der Waals surface area contributed by atoms with Crippen molar-refractivity contribution in [3.05, 3.63) is 53.6 Å². The summed E-state index contributed by atoms with van der Waals surface area (Å²) in [6.07, 6.45) is 7.26. The van der Waals surface area contributed by atoms with E-state index in [0.717, 1.165) is 5.56 Å². The summed E-state index contributed by atoms with van der Waals surface area (Å²) >= 11 is 8.11. The van der Waals surface area contributed by atoms with Crippen LogP contribution in [0.1, 0.15) is 39.3 Å². The van der Waals surface area contributed by atoms with Crippen molar-refractivity contribution in [1.29, 1.82) is 0 Å². The minimum atomic E-state index is -0.900. The molecule has 1 amide bonds. The molecule has 4 rings (SSSR count). The van der Waals surface area contributed by atoms with E-state index in [1.165, 1.54) is 12.8 Å². The summed E-state index contributed by atoms with van der Waals surface area (Å²) in [6, 6.07) is 7.07. The van der Waals surface area contributed by atoms with Gasteiger partial charge in [0, 0.05) is 17.0 Å². The van der Waals surface area contributed by atoms with Gasteiger partial charge in [-0.3, -0.25) is 14.5 Å². The van der Waals surface area contributed by atoms with E-state index in [-0.39, 0.29) is 5.91 Å².